The summed E-state index contributed by atoms with van der Waals surface area (Å²) in [5, 5.41) is 3.36. The predicted octanol–water partition coefficient (Wildman–Crippen LogP) is 4.55. The van der Waals surface area contributed by atoms with E-state index in [0.29, 0.717) is 23.4 Å². The van der Waals surface area contributed by atoms with E-state index in [1.165, 1.54) is 12.0 Å². The molecule has 1 saturated heterocycles. The minimum Gasteiger partial charge on any atom is -0.340 e. The van der Waals surface area contributed by atoms with Crippen LogP contribution in [-0.4, -0.2) is 33.4 Å². The van der Waals surface area contributed by atoms with Crippen molar-refractivity contribution in [1.82, 2.24) is 14.9 Å². The fourth-order valence-electron chi connectivity index (χ4n) is 3.59. The zero-order valence-corrected chi connectivity index (χ0v) is 16.2. The average Bonchev–Trinajstić information content (AvgIpc) is 2.63. The molecule has 2 heterocycles. The van der Waals surface area contributed by atoms with Crippen LogP contribution in [-0.2, 0) is 0 Å². The summed E-state index contributed by atoms with van der Waals surface area (Å²) in [5.74, 6) is 1.29. The van der Waals surface area contributed by atoms with E-state index in [0.717, 1.165) is 37.1 Å². The van der Waals surface area contributed by atoms with Crippen LogP contribution < -0.4 is 5.32 Å². The van der Waals surface area contributed by atoms with E-state index in [9.17, 15) is 4.79 Å². The maximum absolute atomic E-state index is 13.1. The second-order valence-electron chi connectivity index (χ2n) is 7.19. The van der Waals surface area contributed by atoms with Crippen molar-refractivity contribution in [3.8, 4) is 0 Å². The molecule has 0 aliphatic carbocycles. The van der Waals surface area contributed by atoms with Crippen molar-refractivity contribution in [2.45, 2.75) is 59.4 Å². The van der Waals surface area contributed by atoms with Gasteiger partial charge in [-0.2, -0.15) is 0 Å². The first-order valence-electron chi connectivity index (χ1n) is 9.49. The molecule has 3 rings (SSSR count). The Morgan fingerprint density at radius 3 is 2.77 bits per heavy atom. The van der Waals surface area contributed by atoms with Gasteiger partial charge in [-0.05, 0) is 63.6 Å². The summed E-state index contributed by atoms with van der Waals surface area (Å²) in [6.07, 6.45) is 4.34. The van der Waals surface area contributed by atoms with Crippen LogP contribution in [0.3, 0.4) is 0 Å². The Morgan fingerprint density at radius 1 is 1.19 bits per heavy atom. The smallest absolute Gasteiger partial charge is 0.272 e. The van der Waals surface area contributed by atoms with E-state index in [1.807, 2.05) is 11.8 Å². The topological polar surface area (TPSA) is 58.1 Å². The summed E-state index contributed by atoms with van der Waals surface area (Å²) in [7, 11) is 0. The van der Waals surface area contributed by atoms with E-state index in [1.54, 1.807) is 6.07 Å². The number of piperidine rings is 1. The summed E-state index contributed by atoms with van der Waals surface area (Å²) < 4.78 is 0. The highest BCUT2D eigenvalue weighted by Crippen LogP contribution is 2.24. The number of nitrogens with one attached hydrogen (secondary N) is 1. The average molecular weight is 352 g/mol. The number of hydrogen-bond donors (Lipinski definition) is 1. The van der Waals surface area contributed by atoms with Crippen molar-refractivity contribution in [1.29, 1.82) is 0 Å². The van der Waals surface area contributed by atoms with Crippen molar-refractivity contribution in [2.75, 3.05) is 11.9 Å². The number of benzene rings is 1. The van der Waals surface area contributed by atoms with E-state index in [-0.39, 0.29) is 5.91 Å². The molecule has 0 radical (unpaired) electrons. The molecule has 26 heavy (non-hydrogen) atoms. The Labute approximate surface area is 155 Å². The molecule has 0 bridgehead atoms. The molecule has 138 valence electrons. The van der Waals surface area contributed by atoms with Crippen LogP contribution >= 0.6 is 0 Å². The van der Waals surface area contributed by atoms with Gasteiger partial charge in [0.1, 0.15) is 17.3 Å². The van der Waals surface area contributed by atoms with Crippen molar-refractivity contribution in [3.05, 3.63) is 46.9 Å². The van der Waals surface area contributed by atoms with Crippen LogP contribution in [0.4, 0.5) is 11.5 Å². The lowest BCUT2D eigenvalue weighted by Crippen LogP contribution is -2.43. The third-order valence-electron chi connectivity index (χ3n) is 5.07. The third-order valence-corrected chi connectivity index (χ3v) is 5.07. The number of anilines is 2. The number of rotatable bonds is 4. The SMILES string of the molecule is CCC1CCCCN1C(=O)c1cc(Nc2cc(C)ccc2C)nc(C)n1. The first-order valence-corrected chi connectivity index (χ1v) is 9.49. The van der Waals surface area contributed by atoms with E-state index >= 15 is 0 Å². The maximum Gasteiger partial charge on any atom is 0.272 e. The molecule has 1 aromatic carbocycles. The molecule has 0 spiro atoms. The molecule has 1 atom stereocenters. The van der Waals surface area contributed by atoms with Gasteiger partial charge >= 0.3 is 0 Å². The highest BCUT2D eigenvalue weighted by atomic mass is 16.2. The number of nitrogens with zero attached hydrogens (tertiary/aromatic N) is 3. The normalized spacial score (nSPS) is 17.2. The second kappa shape index (κ2) is 7.85. The second-order valence-corrected chi connectivity index (χ2v) is 7.19. The predicted molar refractivity (Wildman–Crippen MR) is 105 cm³/mol. The van der Waals surface area contributed by atoms with E-state index in [4.69, 9.17) is 0 Å². The summed E-state index contributed by atoms with van der Waals surface area (Å²) in [6, 6.07) is 8.35. The van der Waals surface area contributed by atoms with E-state index < -0.39 is 0 Å². The minimum atomic E-state index is 0.0195. The number of aryl methyl sites for hydroxylation is 3. The molecule has 1 N–H and O–H groups in total. The zero-order chi connectivity index (χ0) is 18.7. The Bertz CT molecular complexity index is 803. The fourth-order valence-corrected chi connectivity index (χ4v) is 3.59. The molecule has 1 amide bonds. The van der Waals surface area contributed by atoms with Gasteiger partial charge in [0.2, 0.25) is 0 Å². The Hall–Kier alpha value is -2.43. The van der Waals surface area contributed by atoms with Crippen LogP contribution in [0.5, 0.6) is 0 Å². The molecule has 0 saturated carbocycles. The summed E-state index contributed by atoms with van der Waals surface area (Å²) in [6.45, 7) is 8.92. The first-order chi connectivity index (χ1) is 12.5. The molecule has 1 aliphatic rings. The van der Waals surface area contributed by atoms with Gasteiger partial charge in [0.05, 0.1) is 0 Å². The molecule has 2 aromatic rings. The van der Waals surface area contributed by atoms with E-state index in [2.05, 4.69) is 54.3 Å². The van der Waals surface area contributed by atoms with Crippen LogP contribution in [0.1, 0.15) is 60.0 Å². The molecule has 5 nitrogen and oxygen atoms in total. The quantitative estimate of drug-likeness (QED) is 0.877. The fraction of sp³-hybridized carbons (Fsp3) is 0.476. The van der Waals surface area contributed by atoms with Gasteiger partial charge in [-0.1, -0.05) is 19.1 Å². The molecule has 1 aromatic heterocycles. The molecule has 1 fully saturated rings. The zero-order valence-electron chi connectivity index (χ0n) is 16.2. The lowest BCUT2D eigenvalue weighted by Gasteiger charge is -2.35. The Morgan fingerprint density at radius 2 is 2.00 bits per heavy atom. The van der Waals surface area contributed by atoms with Crippen LogP contribution in [0.15, 0.2) is 24.3 Å². The van der Waals surface area contributed by atoms with Gasteiger partial charge in [0, 0.05) is 24.3 Å². The molecule has 1 aliphatic heterocycles. The molecule has 1 unspecified atom stereocenters. The minimum absolute atomic E-state index is 0.0195. The standard InChI is InChI=1S/C21H28N4O/c1-5-17-8-6-7-11-25(17)21(26)19-13-20(23-16(4)22-19)24-18-12-14(2)9-10-15(18)3/h9-10,12-13,17H,5-8,11H2,1-4H3,(H,22,23,24). The number of likely N-dealkylation sites (tertiary alicyclic amines) is 1. The lowest BCUT2D eigenvalue weighted by molar-refractivity contribution is 0.0601. The highest BCUT2D eigenvalue weighted by Gasteiger charge is 2.27. The van der Waals surface area contributed by atoms with Gasteiger partial charge in [0.25, 0.3) is 5.91 Å². The van der Waals surface area contributed by atoms with Crippen molar-refractivity contribution < 1.29 is 4.79 Å². The monoisotopic (exact) mass is 352 g/mol. The van der Waals surface area contributed by atoms with Gasteiger partial charge < -0.3 is 10.2 Å². The van der Waals surface area contributed by atoms with Crippen LogP contribution in [0, 0.1) is 20.8 Å². The number of aromatic nitrogens is 2. The molecular formula is C21H28N4O. The first kappa shape index (κ1) is 18.4. The number of carbonyl (C=O) groups excluding carboxylic acids is 1. The van der Waals surface area contributed by atoms with Crippen molar-refractivity contribution in [2.24, 2.45) is 0 Å². The summed E-state index contributed by atoms with van der Waals surface area (Å²) in [5.41, 5.74) is 3.80. The summed E-state index contributed by atoms with van der Waals surface area (Å²) >= 11 is 0. The van der Waals surface area contributed by atoms with Crippen molar-refractivity contribution in [3.63, 3.8) is 0 Å². The number of carbonyl (C=O) groups is 1. The van der Waals surface area contributed by atoms with Gasteiger partial charge in [-0.15, -0.1) is 0 Å². The van der Waals surface area contributed by atoms with Crippen molar-refractivity contribution >= 4 is 17.4 Å². The Kier molecular flexibility index (Phi) is 5.55. The third kappa shape index (κ3) is 4.03. The maximum atomic E-state index is 13.1. The Balaban J connectivity index is 1.87. The highest BCUT2D eigenvalue weighted by molar-refractivity contribution is 5.93. The van der Waals surface area contributed by atoms with Gasteiger partial charge in [-0.25, -0.2) is 9.97 Å². The van der Waals surface area contributed by atoms with Gasteiger partial charge in [0.15, 0.2) is 0 Å². The van der Waals surface area contributed by atoms with Crippen LogP contribution in [0.25, 0.3) is 0 Å². The lowest BCUT2D eigenvalue weighted by atomic mass is 9.99. The number of hydrogen-bond acceptors (Lipinski definition) is 4. The molecular weight excluding hydrogens is 324 g/mol. The largest absolute Gasteiger partial charge is 0.340 e. The van der Waals surface area contributed by atoms with Crippen LogP contribution in [0.2, 0.25) is 0 Å². The number of amides is 1. The molecule has 5 heteroatoms. The summed E-state index contributed by atoms with van der Waals surface area (Å²) in [4.78, 5) is 23.9. The van der Waals surface area contributed by atoms with Gasteiger partial charge in [-0.3, -0.25) is 4.79 Å².